The minimum Gasteiger partial charge on any atom is -0.382 e. The number of hydrogen-bond acceptors (Lipinski definition) is 3. The highest BCUT2D eigenvalue weighted by Gasteiger charge is 2.28. The van der Waals surface area contributed by atoms with Crippen molar-refractivity contribution in [3.63, 3.8) is 0 Å². The molecule has 2 fully saturated rings. The van der Waals surface area contributed by atoms with Gasteiger partial charge in [-0.2, -0.15) is 5.10 Å². The highest BCUT2D eigenvalue weighted by Crippen LogP contribution is 2.33. The Hall–Kier alpha value is -1.03. The number of nitrogen functional groups attached to an aromatic ring is 1. The molecule has 18 heavy (non-hydrogen) atoms. The molecule has 4 nitrogen and oxygen atoms in total. The van der Waals surface area contributed by atoms with Crippen LogP contribution in [0.1, 0.15) is 32.1 Å². The van der Waals surface area contributed by atoms with E-state index in [0.29, 0.717) is 5.82 Å². The first-order chi connectivity index (χ1) is 8.79. The third-order valence-corrected chi connectivity index (χ3v) is 3.95. The molecule has 0 unspecified atom stereocenters. The largest absolute Gasteiger partial charge is 0.382 e. The van der Waals surface area contributed by atoms with Gasteiger partial charge in [0.2, 0.25) is 0 Å². The van der Waals surface area contributed by atoms with Crippen LogP contribution in [0, 0.1) is 11.8 Å². The van der Waals surface area contributed by atoms with E-state index >= 15 is 0 Å². The van der Waals surface area contributed by atoms with Crippen molar-refractivity contribution in [1.82, 2.24) is 14.7 Å². The zero-order valence-corrected chi connectivity index (χ0v) is 11.1. The molecule has 1 heterocycles. The molecular formula is C14H24N4. The van der Waals surface area contributed by atoms with E-state index in [1.807, 2.05) is 16.9 Å². The summed E-state index contributed by atoms with van der Waals surface area (Å²) in [4.78, 5) is 2.68. The van der Waals surface area contributed by atoms with E-state index in [0.717, 1.165) is 18.4 Å². The molecule has 3 rings (SSSR count). The smallest absolute Gasteiger partial charge is 0.145 e. The fourth-order valence-corrected chi connectivity index (χ4v) is 2.55. The van der Waals surface area contributed by atoms with Crippen molar-refractivity contribution in [2.75, 3.05) is 25.4 Å². The quantitative estimate of drug-likeness (QED) is 0.765. The maximum absolute atomic E-state index is 5.62. The Morgan fingerprint density at radius 2 is 1.89 bits per heavy atom. The predicted octanol–water partition coefficient (Wildman–Crippen LogP) is 1.98. The zero-order chi connectivity index (χ0) is 12.4. The Kier molecular flexibility index (Phi) is 3.55. The first kappa shape index (κ1) is 12.0. The fraction of sp³-hybridized carbons (Fsp3) is 0.786. The number of anilines is 1. The van der Waals surface area contributed by atoms with Gasteiger partial charge in [-0.05, 0) is 56.6 Å². The summed E-state index contributed by atoms with van der Waals surface area (Å²) in [6.45, 7) is 4.87. The van der Waals surface area contributed by atoms with Crippen molar-refractivity contribution in [2.45, 2.75) is 38.6 Å². The average molecular weight is 248 g/mol. The lowest BCUT2D eigenvalue weighted by Crippen LogP contribution is -2.30. The molecule has 0 aliphatic heterocycles. The van der Waals surface area contributed by atoms with Crippen LogP contribution >= 0.6 is 0 Å². The average Bonchev–Trinajstić information content (AvgIpc) is 3.24. The van der Waals surface area contributed by atoms with Crippen molar-refractivity contribution < 1.29 is 0 Å². The molecule has 4 heteroatoms. The topological polar surface area (TPSA) is 47.1 Å². The second-order valence-electron chi connectivity index (χ2n) is 6.00. The van der Waals surface area contributed by atoms with Crippen molar-refractivity contribution in [2.24, 2.45) is 11.8 Å². The van der Waals surface area contributed by atoms with Crippen LogP contribution in [0.5, 0.6) is 0 Å². The number of aryl methyl sites for hydroxylation is 1. The van der Waals surface area contributed by atoms with Gasteiger partial charge in [0.1, 0.15) is 5.82 Å². The summed E-state index contributed by atoms with van der Waals surface area (Å²) in [6.07, 6.45) is 8.98. The predicted molar refractivity (Wildman–Crippen MR) is 73.1 cm³/mol. The molecule has 0 atom stereocenters. The highest BCUT2D eigenvalue weighted by molar-refractivity contribution is 5.23. The van der Waals surface area contributed by atoms with E-state index in [1.165, 1.54) is 51.7 Å². The summed E-state index contributed by atoms with van der Waals surface area (Å²) >= 11 is 0. The summed E-state index contributed by atoms with van der Waals surface area (Å²) in [5.41, 5.74) is 5.62. The second-order valence-corrected chi connectivity index (χ2v) is 6.00. The lowest BCUT2D eigenvalue weighted by molar-refractivity contribution is 0.244. The van der Waals surface area contributed by atoms with E-state index in [4.69, 9.17) is 5.73 Å². The van der Waals surface area contributed by atoms with Crippen LogP contribution in [0.3, 0.4) is 0 Å². The van der Waals surface area contributed by atoms with Gasteiger partial charge in [0.05, 0.1) is 0 Å². The van der Waals surface area contributed by atoms with Crippen molar-refractivity contribution >= 4 is 5.82 Å². The standard InChI is InChI=1S/C14H24N4/c15-14-6-9-18(16-14)8-1-7-17(10-12-2-3-12)11-13-4-5-13/h6,9,12-13H,1-5,7-8,10-11H2,(H2,15,16). The molecule has 2 aliphatic rings. The molecule has 1 aromatic rings. The summed E-state index contributed by atoms with van der Waals surface area (Å²) in [7, 11) is 0. The number of aromatic nitrogens is 2. The van der Waals surface area contributed by atoms with Gasteiger partial charge in [-0.1, -0.05) is 0 Å². The van der Waals surface area contributed by atoms with E-state index < -0.39 is 0 Å². The molecule has 0 saturated heterocycles. The number of nitrogens with two attached hydrogens (primary N) is 1. The van der Waals surface area contributed by atoms with Crippen molar-refractivity contribution in [3.8, 4) is 0 Å². The summed E-state index contributed by atoms with van der Waals surface area (Å²) < 4.78 is 1.96. The SMILES string of the molecule is Nc1ccn(CCCN(CC2CC2)CC2CC2)n1. The molecule has 0 spiro atoms. The van der Waals surface area contributed by atoms with Crippen molar-refractivity contribution in [3.05, 3.63) is 12.3 Å². The molecule has 0 aromatic carbocycles. The third-order valence-electron chi connectivity index (χ3n) is 3.95. The van der Waals surface area contributed by atoms with Crippen LogP contribution in [0.25, 0.3) is 0 Å². The Morgan fingerprint density at radius 1 is 1.22 bits per heavy atom. The summed E-state index contributed by atoms with van der Waals surface area (Å²) in [6, 6.07) is 1.87. The minimum absolute atomic E-state index is 0.628. The van der Waals surface area contributed by atoms with Gasteiger partial charge in [-0.25, -0.2) is 0 Å². The van der Waals surface area contributed by atoms with Crippen LogP contribution < -0.4 is 5.73 Å². The third kappa shape index (κ3) is 3.73. The van der Waals surface area contributed by atoms with Crippen LogP contribution in [0.15, 0.2) is 12.3 Å². The van der Waals surface area contributed by atoms with Crippen LogP contribution in [-0.4, -0.2) is 34.3 Å². The molecule has 0 radical (unpaired) electrons. The van der Waals surface area contributed by atoms with Gasteiger partial charge in [0.25, 0.3) is 0 Å². The van der Waals surface area contributed by atoms with Gasteiger partial charge < -0.3 is 10.6 Å². The number of rotatable bonds is 8. The first-order valence-electron chi connectivity index (χ1n) is 7.31. The Bertz CT molecular complexity index is 365. The maximum atomic E-state index is 5.62. The number of hydrogen-bond donors (Lipinski definition) is 1. The van der Waals surface area contributed by atoms with E-state index in [2.05, 4.69) is 10.00 Å². The van der Waals surface area contributed by atoms with E-state index in [9.17, 15) is 0 Å². The first-order valence-corrected chi connectivity index (χ1v) is 7.31. The Balaban J connectivity index is 1.40. The molecule has 2 saturated carbocycles. The molecule has 100 valence electrons. The Labute approximate surface area is 109 Å². The molecular weight excluding hydrogens is 224 g/mol. The van der Waals surface area contributed by atoms with Crippen molar-refractivity contribution in [1.29, 1.82) is 0 Å². The molecule has 2 aliphatic carbocycles. The van der Waals surface area contributed by atoms with E-state index in [1.54, 1.807) is 0 Å². The van der Waals surface area contributed by atoms with Gasteiger partial charge in [0, 0.05) is 25.8 Å². The Morgan fingerprint density at radius 3 is 2.39 bits per heavy atom. The molecule has 1 aromatic heterocycles. The molecule has 0 bridgehead atoms. The molecule has 0 amide bonds. The zero-order valence-electron chi connectivity index (χ0n) is 11.1. The van der Waals surface area contributed by atoms with Crippen LogP contribution in [-0.2, 0) is 6.54 Å². The molecule has 2 N–H and O–H groups in total. The van der Waals surface area contributed by atoms with Gasteiger partial charge >= 0.3 is 0 Å². The van der Waals surface area contributed by atoms with Crippen LogP contribution in [0.2, 0.25) is 0 Å². The highest BCUT2D eigenvalue weighted by atomic mass is 15.3. The normalized spacial score (nSPS) is 19.6. The van der Waals surface area contributed by atoms with Gasteiger partial charge in [0.15, 0.2) is 0 Å². The summed E-state index contributed by atoms with van der Waals surface area (Å²) in [5, 5.41) is 4.23. The minimum atomic E-state index is 0.628. The summed E-state index contributed by atoms with van der Waals surface area (Å²) in [5.74, 6) is 2.64. The van der Waals surface area contributed by atoms with Gasteiger partial charge in [-0.15, -0.1) is 0 Å². The van der Waals surface area contributed by atoms with Crippen LogP contribution in [0.4, 0.5) is 5.82 Å². The maximum Gasteiger partial charge on any atom is 0.145 e. The second kappa shape index (κ2) is 5.31. The van der Waals surface area contributed by atoms with Gasteiger partial charge in [-0.3, -0.25) is 4.68 Å². The van der Waals surface area contributed by atoms with E-state index in [-0.39, 0.29) is 0 Å². The fourth-order valence-electron chi connectivity index (χ4n) is 2.55. The number of nitrogens with zero attached hydrogens (tertiary/aromatic N) is 3. The monoisotopic (exact) mass is 248 g/mol. The lowest BCUT2D eigenvalue weighted by atomic mass is 10.3. The lowest BCUT2D eigenvalue weighted by Gasteiger charge is -2.22.